The van der Waals surface area contributed by atoms with Crippen LogP contribution in [0.5, 0.6) is 0 Å². The predicted molar refractivity (Wildman–Crippen MR) is 91.3 cm³/mol. The minimum atomic E-state index is -3.65. The monoisotopic (exact) mass is 358 g/mol. The highest BCUT2D eigenvalue weighted by atomic mass is 32.2. The molecule has 0 radical (unpaired) electrons. The summed E-state index contributed by atoms with van der Waals surface area (Å²) in [6, 6.07) is 15.7. The van der Waals surface area contributed by atoms with Crippen LogP contribution in [0.1, 0.15) is 5.76 Å². The Hall–Kier alpha value is -2.97. The number of non-ortho nitro benzene ring substituents is 1. The van der Waals surface area contributed by atoms with Crippen molar-refractivity contribution in [3.8, 4) is 11.1 Å². The molecule has 128 valence electrons. The van der Waals surface area contributed by atoms with Gasteiger partial charge in [0.1, 0.15) is 5.76 Å². The fraction of sp³-hybridized carbons (Fsp3) is 0.0588. The highest BCUT2D eigenvalue weighted by Crippen LogP contribution is 2.23. The third-order valence-electron chi connectivity index (χ3n) is 3.59. The Kier molecular flexibility index (Phi) is 4.64. The van der Waals surface area contributed by atoms with Gasteiger partial charge >= 0.3 is 0 Å². The normalized spacial score (nSPS) is 11.4. The molecule has 0 aliphatic carbocycles. The van der Waals surface area contributed by atoms with E-state index in [1.807, 2.05) is 0 Å². The lowest BCUT2D eigenvalue weighted by Crippen LogP contribution is -2.22. The maximum Gasteiger partial charge on any atom is 0.269 e. The van der Waals surface area contributed by atoms with Crippen LogP contribution in [0, 0.1) is 10.1 Å². The van der Waals surface area contributed by atoms with Crippen molar-refractivity contribution in [3.05, 3.63) is 82.8 Å². The van der Waals surface area contributed by atoms with Crippen LogP contribution in [-0.4, -0.2) is 13.3 Å². The number of hydrogen-bond donors (Lipinski definition) is 1. The van der Waals surface area contributed by atoms with Crippen LogP contribution in [0.15, 0.2) is 76.2 Å². The highest BCUT2D eigenvalue weighted by molar-refractivity contribution is 7.89. The molecule has 0 amide bonds. The lowest BCUT2D eigenvalue weighted by atomic mass is 10.1. The number of nitro benzene ring substituents is 1. The highest BCUT2D eigenvalue weighted by Gasteiger charge is 2.14. The lowest BCUT2D eigenvalue weighted by molar-refractivity contribution is -0.384. The largest absolute Gasteiger partial charge is 0.468 e. The van der Waals surface area contributed by atoms with E-state index in [0.717, 1.165) is 11.1 Å². The quantitative estimate of drug-likeness (QED) is 0.538. The van der Waals surface area contributed by atoms with Gasteiger partial charge in [-0.3, -0.25) is 10.1 Å². The van der Waals surface area contributed by atoms with E-state index in [0.29, 0.717) is 5.76 Å². The van der Waals surface area contributed by atoms with Crippen molar-refractivity contribution in [3.63, 3.8) is 0 Å². The van der Waals surface area contributed by atoms with Gasteiger partial charge in [0.05, 0.1) is 22.6 Å². The molecule has 0 saturated heterocycles. The summed E-state index contributed by atoms with van der Waals surface area (Å²) in [5.41, 5.74) is 1.53. The van der Waals surface area contributed by atoms with Gasteiger partial charge < -0.3 is 4.42 Å². The van der Waals surface area contributed by atoms with E-state index >= 15 is 0 Å². The van der Waals surface area contributed by atoms with Crippen molar-refractivity contribution in [2.75, 3.05) is 0 Å². The molecule has 2 aromatic carbocycles. The average Bonchev–Trinajstić information content (AvgIpc) is 3.14. The molecule has 25 heavy (non-hydrogen) atoms. The zero-order chi connectivity index (χ0) is 17.9. The van der Waals surface area contributed by atoms with E-state index in [2.05, 4.69) is 4.72 Å². The predicted octanol–water partition coefficient (Wildman–Crippen LogP) is 3.33. The summed E-state index contributed by atoms with van der Waals surface area (Å²) in [4.78, 5) is 10.3. The molecule has 0 aliphatic rings. The van der Waals surface area contributed by atoms with Gasteiger partial charge in [-0.2, -0.15) is 0 Å². The number of rotatable bonds is 6. The van der Waals surface area contributed by atoms with Crippen molar-refractivity contribution in [2.24, 2.45) is 0 Å². The number of furan rings is 1. The van der Waals surface area contributed by atoms with E-state index in [1.54, 1.807) is 36.4 Å². The number of hydrogen-bond acceptors (Lipinski definition) is 5. The molecule has 3 aromatic rings. The maximum absolute atomic E-state index is 12.3. The fourth-order valence-electron chi connectivity index (χ4n) is 2.26. The fourth-order valence-corrected chi connectivity index (χ4v) is 3.26. The van der Waals surface area contributed by atoms with E-state index in [1.165, 1.54) is 30.5 Å². The van der Waals surface area contributed by atoms with Gasteiger partial charge in [0.25, 0.3) is 5.69 Å². The molecule has 1 heterocycles. The zero-order valence-electron chi connectivity index (χ0n) is 13.0. The summed E-state index contributed by atoms with van der Waals surface area (Å²) in [5.74, 6) is 0.520. The number of nitro groups is 1. The molecule has 3 rings (SSSR count). The molecule has 0 spiro atoms. The van der Waals surface area contributed by atoms with Crippen LogP contribution in [0.2, 0.25) is 0 Å². The van der Waals surface area contributed by atoms with E-state index < -0.39 is 14.9 Å². The molecule has 0 bridgehead atoms. The summed E-state index contributed by atoms with van der Waals surface area (Å²) in [6.07, 6.45) is 1.47. The van der Waals surface area contributed by atoms with E-state index in [-0.39, 0.29) is 17.1 Å². The Labute approximate surface area is 144 Å². The van der Waals surface area contributed by atoms with Gasteiger partial charge in [0.2, 0.25) is 10.0 Å². The molecular formula is C17H14N2O5S. The molecule has 0 atom stereocenters. The molecule has 0 aliphatic heterocycles. The second-order valence-corrected chi connectivity index (χ2v) is 7.00. The first-order valence-electron chi connectivity index (χ1n) is 7.33. The molecule has 1 aromatic heterocycles. The first-order chi connectivity index (χ1) is 12.0. The Balaban J connectivity index is 1.75. The van der Waals surface area contributed by atoms with Crippen molar-refractivity contribution in [1.82, 2.24) is 4.72 Å². The second kappa shape index (κ2) is 6.88. The Morgan fingerprint density at radius 2 is 1.56 bits per heavy atom. The molecule has 7 nitrogen and oxygen atoms in total. The van der Waals surface area contributed by atoms with Crippen LogP contribution < -0.4 is 4.72 Å². The van der Waals surface area contributed by atoms with Crippen molar-refractivity contribution in [2.45, 2.75) is 11.4 Å². The van der Waals surface area contributed by atoms with Crippen LogP contribution in [0.3, 0.4) is 0 Å². The van der Waals surface area contributed by atoms with Crippen molar-refractivity contribution < 1.29 is 17.8 Å². The second-order valence-electron chi connectivity index (χ2n) is 5.23. The van der Waals surface area contributed by atoms with Gasteiger partial charge in [-0.25, -0.2) is 13.1 Å². The van der Waals surface area contributed by atoms with Crippen LogP contribution in [0.4, 0.5) is 5.69 Å². The Bertz CT molecular complexity index is 963. The minimum Gasteiger partial charge on any atom is -0.468 e. The first-order valence-corrected chi connectivity index (χ1v) is 8.81. The number of benzene rings is 2. The summed E-state index contributed by atoms with van der Waals surface area (Å²) >= 11 is 0. The standard InChI is InChI=1S/C17H14N2O5S/c20-19(21)15-7-3-13(4-8-15)14-5-9-17(10-6-14)25(22,23)18-12-16-2-1-11-24-16/h1-11,18H,12H2. The zero-order valence-corrected chi connectivity index (χ0v) is 13.8. The molecule has 0 saturated carbocycles. The van der Waals surface area contributed by atoms with E-state index in [4.69, 9.17) is 4.42 Å². The lowest BCUT2D eigenvalue weighted by Gasteiger charge is -2.07. The topological polar surface area (TPSA) is 102 Å². The van der Waals surface area contributed by atoms with Crippen molar-refractivity contribution in [1.29, 1.82) is 0 Å². The van der Waals surface area contributed by atoms with Gasteiger partial charge in [0.15, 0.2) is 0 Å². The molecule has 0 unspecified atom stereocenters. The van der Waals surface area contributed by atoms with Gasteiger partial charge in [0, 0.05) is 12.1 Å². The van der Waals surface area contributed by atoms with Gasteiger partial charge in [-0.1, -0.05) is 12.1 Å². The summed E-state index contributed by atoms with van der Waals surface area (Å²) in [5, 5.41) is 10.7. The minimum absolute atomic E-state index is 0.00470. The molecule has 8 heteroatoms. The van der Waals surface area contributed by atoms with Crippen LogP contribution in [0.25, 0.3) is 11.1 Å². The third-order valence-corrected chi connectivity index (χ3v) is 5.01. The maximum atomic E-state index is 12.3. The Morgan fingerprint density at radius 1 is 0.960 bits per heavy atom. The van der Waals surface area contributed by atoms with Gasteiger partial charge in [-0.15, -0.1) is 0 Å². The average molecular weight is 358 g/mol. The summed E-state index contributed by atoms with van der Waals surface area (Å²) in [7, 11) is -3.65. The molecular weight excluding hydrogens is 344 g/mol. The first kappa shape index (κ1) is 16.9. The van der Waals surface area contributed by atoms with Gasteiger partial charge in [-0.05, 0) is 47.5 Å². The summed E-state index contributed by atoms with van der Waals surface area (Å²) in [6.45, 7) is 0.0689. The van der Waals surface area contributed by atoms with Crippen molar-refractivity contribution >= 4 is 15.7 Å². The number of sulfonamides is 1. The SMILES string of the molecule is O=[N+]([O-])c1ccc(-c2ccc(S(=O)(=O)NCc3ccco3)cc2)cc1. The van der Waals surface area contributed by atoms with Crippen LogP contribution in [-0.2, 0) is 16.6 Å². The van der Waals surface area contributed by atoms with E-state index in [9.17, 15) is 18.5 Å². The summed E-state index contributed by atoms with van der Waals surface area (Å²) < 4.78 is 32.1. The smallest absolute Gasteiger partial charge is 0.269 e. The van der Waals surface area contributed by atoms with Crippen LogP contribution >= 0.6 is 0 Å². The number of nitrogens with one attached hydrogen (secondary N) is 1. The third kappa shape index (κ3) is 3.93. The number of nitrogens with zero attached hydrogens (tertiary/aromatic N) is 1. The molecule has 1 N–H and O–H groups in total. The molecule has 0 fully saturated rings. The Morgan fingerprint density at radius 3 is 2.08 bits per heavy atom.